The summed E-state index contributed by atoms with van der Waals surface area (Å²) in [5, 5.41) is 9.23. The van der Waals surface area contributed by atoms with Crippen LogP contribution in [0.2, 0.25) is 0 Å². The molecule has 6 heteroatoms. The van der Waals surface area contributed by atoms with Gasteiger partial charge in [-0.15, -0.1) is 0 Å². The van der Waals surface area contributed by atoms with E-state index in [1.807, 2.05) is 60.7 Å². The second kappa shape index (κ2) is 8.60. The second-order valence-electron chi connectivity index (χ2n) is 5.51. The van der Waals surface area contributed by atoms with E-state index in [2.05, 4.69) is 25.9 Å². The van der Waals surface area contributed by atoms with E-state index in [0.29, 0.717) is 22.7 Å². The van der Waals surface area contributed by atoms with Crippen LogP contribution in [-0.4, -0.2) is 21.7 Å². The summed E-state index contributed by atoms with van der Waals surface area (Å²) in [5.74, 6) is 1.13. The molecule has 0 bridgehead atoms. The molecule has 0 aliphatic rings. The molecule has 5 nitrogen and oxygen atoms in total. The largest absolute Gasteiger partial charge is 0.436 e. The number of rotatable bonds is 3. The first-order valence-electron chi connectivity index (χ1n) is 8.09. The lowest BCUT2D eigenvalue weighted by molar-refractivity contribution is 0.299. The molecule has 0 saturated heterocycles. The van der Waals surface area contributed by atoms with Gasteiger partial charge in [0.1, 0.15) is 12.1 Å². The minimum atomic E-state index is 0.240. The van der Waals surface area contributed by atoms with Crippen LogP contribution in [0.3, 0.4) is 0 Å². The van der Waals surface area contributed by atoms with Crippen LogP contribution in [0, 0.1) is 0 Å². The quantitative estimate of drug-likeness (QED) is 0.519. The third-order valence-electron chi connectivity index (χ3n) is 3.74. The molecular weight excluding hydrogens is 394 g/mol. The van der Waals surface area contributed by atoms with E-state index in [1.165, 1.54) is 11.9 Å². The maximum atomic E-state index is 8.52. The molecule has 0 unspecified atom stereocenters. The summed E-state index contributed by atoms with van der Waals surface area (Å²) in [6.45, 7) is 0.240. The lowest BCUT2D eigenvalue weighted by Gasteiger charge is -1.96. The molecule has 2 aromatic carbocycles. The van der Waals surface area contributed by atoms with Crippen molar-refractivity contribution in [3.8, 4) is 11.3 Å². The van der Waals surface area contributed by atoms with Crippen molar-refractivity contribution >= 4 is 32.8 Å². The number of nitrogen functional groups attached to an aromatic ring is 1. The van der Waals surface area contributed by atoms with Crippen molar-refractivity contribution in [2.45, 2.75) is 6.42 Å². The highest BCUT2D eigenvalue weighted by Gasteiger charge is 2.16. The molecule has 2 heterocycles. The Bertz CT molecular complexity index is 972. The van der Waals surface area contributed by atoms with Gasteiger partial charge in [0.15, 0.2) is 5.76 Å². The maximum Gasteiger partial charge on any atom is 0.233 e. The van der Waals surface area contributed by atoms with Gasteiger partial charge in [0.2, 0.25) is 5.71 Å². The summed E-state index contributed by atoms with van der Waals surface area (Å²) in [4.78, 5) is 8.01. The van der Waals surface area contributed by atoms with Crippen LogP contribution in [0.4, 0.5) is 5.82 Å². The molecule has 132 valence electrons. The Labute approximate surface area is 159 Å². The topological polar surface area (TPSA) is 85.2 Å². The Hall–Kier alpha value is -2.70. The third-order valence-corrected chi connectivity index (χ3v) is 4.50. The molecular formula is C20H18BrN3O2. The highest BCUT2D eigenvalue weighted by Crippen LogP contribution is 2.38. The predicted molar refractivity (Wildman–Crippen MR) is 107 cm³/mol. The minimum Gasteiger partial charge on any atom is -0.436 e. The molecule has 2 aromatic heterocycles. The van der Waals surface area contributed by atoms with Crippen LogP contribution >= 0.6 is 15.9 Å². The van der Waals surface area contributed by atoms with Crippen LogP contribution < -0.4 is 5.73 Å². The van der Waals surface area contributed by atoms with E-state index in [4.69, 9.17) is 15.3 Å². The average Bonchev–Trinajstić information content (AvgIpc) is 3.02. The Morgan fingerprint density at radius 1 is 0.962 bits per heavy atom. The summed E-state index contributed by atoms with van der Waals surface area (Å²) >= 11 is 3.49. The molecule has 0 radical (unpaired) electrons. The van der Waals surface area contributed by atoms with Crippen LogP contribution in [0.25, 0.3) is 22.4 Å². The summed E-state index contributed by atoms with van der Waals surface area (Å²) < 4.78 is 6.48. The molecule has 26 heavy (non-hydrogen) atoms. The number of halogens is 1. The zero-order valence-electron chi connectivity index (χ0n) is 14.0. The van der Waals surface area contributed by atoms with Gasteiger partial charge >= 0.3 is 0 Å². The summed E-state index contributed by atoms with van der Waals surface area (Å²) in [7, 11) is 0. The average molecular weight is 412 g/mol. The Kier molecular flexibility index (Phi) is 5.99. The van der Waals surface area contributed by atoms with E-state index in [9.17, 15) is 0 Å². The van der Waals surface area contributed by atoms with Crippen LogP contribution in [0.15, 0.2) is 75.9 Å². The van der Waals surface area contributed by atoms with Crippen molar-refractivity contribution in [2.24, 2.45) is 0 Å². The van der Waals surface area contributed by atoms with E-state index in [0.717, 1.165) is 16.5 Å². The first kappa shape index (κ1) is 18.1. The number of hydrogen-bond donors (Lipinski definition) is 2. The molecule has 0 aliphatic heterocycles. The van der Waals surface area contributed by atoms with E-state index in [1.54, 1.807) is 0 Å². The number of aromatic nitrogens is 2. The van der Waals surface area contributed by atoms with Crippen molar-refractivity contribution in [1.29, 1.82) is 0 Å². The Balaban J connectivity index is 0.000000185. The van der Waals surface area contributed by atoms with Crippen molar-refractivity contribution in [2.75, 3.05) is 12.3 Å². The van der Waals surface area contributed by atoms with Gasteiger partial charge in [-0.2, -0.15) is 0 Å². The van der Waals surface area contributed by atoms with Crippen LogP contribution in [0.1, 0.15) is 5.56 Å². The number of aliphatic hydroxyl groups excluding tert-OH is 1. The zero-order chi connectivity index (χ0) is 18.4. The van der Waals surface area contributed by atoms with Crippen LogP contribution in [-0.2, 0) is 6.42 Å². The molecule has 0 amide bonds. The number of nitrogens with zero attached hydrogens (tertiary/aromatic N) is 2. The van der Waals surface area contributed by atoms with Crippen molar-refractivity contribution in [1.82, 2.24) is 9.97 Å². The van der Waals surface area contributed by atoms with Gasteiger partial charge in [0.05, 0.1) is 9.86 Å². The monoisotopic (exact) mass is 411 g/mol. The van der Waals surface area contributed by atoms with E-state index in [-0.39, 0.29) is 6.61 Å². The standard InChI is InChI=1S/C12H8BrN3O.C8H10O/c13-9-8-11(14)15-6-16-12(8)17-10(9)7-4-2-1-3-5-7;9-7-6-8-4-2-1-3-5-8/h1-6H,(H2,14,15,16);1-5,9H,6-7H2. The van der Waals surface area contributed by atoms with Gasteiger partial charge in [-0.25, -0.2) is 9.97 Å². The van der Waals surface area contributed by atoms with Crippen molar-refractivity contribution in [3.63, 3.8) is 0 Å². The smallest absolute Gasteiger partial charge is 0.233 e. The number of furan rings is 1. The summed E-state index contributed by atoms with van der Waals surface area (Å²) in [6, 6.07) is 19.7. The lowest BCUT2D eigenvalue weighted by atomic mass is 10.2. The van der Waals surface area contributed by atoms with E-state index >= 15 is 0 Å². The lowest BCUT2D eigenvalue weighted by Crippen LogP contribution is -1.90. The fourth-order valence-electron chi connectivity index (χ4n) is 2.47. The van der Waals surface area contributed by atoms with Crippen molar-refractivity contribution < 1.29 is 9.52 Å². The molecule has 0 saturated carbocycles. The number of hydrogen-bond acceptors (Lipinski definition) is 5. The van der Waals surface area contributed by atoms with Gasteiger partial charge in [0.25, 0.3) is 0 Å². The fourth-order valence-corrected chi connectivity index (χ4v) is 3.15. The predicted octanol–water partition coefficient (Wildman–Crippen LogP) is 4.46. The maximum absolute atomic E-state index is 8.52. The normalized spacial score (nSPS) is 10.4. The third kappa shape index (κ3) is 4.09. The number of nitrogens with two attached hydrogens (primary N) is 1. The first-order valence-corrected chi connectivity index (χ1v) is 8.88. The summed E-state index contributed by atoms with van der Waals surface area (Å²) in [6.07, 6.45) is 2.16. The van der Waals surface area contributed by atoms with Gasteiger partial charge in [-0.05, 0) is 27.9 Å². The number of benzene rings is 2. The van der Waals surface area contributed by atoms with Gasteiger partial charge < -0.3 is 15.3 Å². The molecule has 4 rings (SSSR count). The van der Waals surface area contributed by atoms with E-state index < -0.39 is 0 Å². The van der Waals surface area contributed by atoms with Crippen molar-refractivity contribution in [3.05, 3.63) is 77.0 Å². The first-order chi connectivity index (χ1) is 12.7. The number of anilines is 1. The Morgan fingerprint density at radius 3 is 2.23 bits per heavy atom. The fraction of sp³-hybridized carbons (Fsp3) is 0.100. The van der Waals surface area contributed by atoms with Crippen LogP contribution in [0.5, 0.6) is 0 Å². The highest BCUT2D eigenvalue weighted by molar-refractivity contribution is 9.10. The van der Waals surface area contributed by atoms with Gasteiger partial charge in [-0.1, -0.05) is 60.7 Å². The molecule has 0 atom stereocenters. The minimum absolute atomic E-state index is 0.240. The molecule has 0 fully saturated rings. The molecule has 4 aromatic rings. The Morgan fingerprint density at radius 2 is 1.62 bits per heavy atom. The molecule has 0 aliphatic carbocycles. The number of fused-ring (bicyclic) bond motifs is 1. The molecule has 0 spiro atoms. The number of aliphatic hydroxyl groups is 1. The second-order valence-corrected chi connectivity index (χ2v) is 6.30. The van der Waals surface area contributed by atoms with Gasteiger partial charge in [-0.3, -0.25) is 0 Å². The SMILES string of the molecule is Nc1ncnc2oc(-c3ccccc3)c(Br)c12.OCCc1ccccc1. The highest BCUT2D eigenvalue weighted by atomic mass is 79.9. The molecule has 3 N–H and O–H groups in total. The van der Waals surface area contributed by atoms with Gasteiger partial charge in [0, 0.05) is 12.2 Å². The summed E-state index contributed by atoms with van der Waals surface area (Å²) in [5.41, 5.74) is 8.46. The zero-order valence-corrected chi connectivity index (χ0v) is 15.6.